The largest absolute Gasteiger partial charge is 0.306 e. The lowest BCUT2D eigenvalue weighted by Gasteiger charge is -2.22. The maximum absolute atomic E-state index is 3.68. The maximum Gasteiger partial charge on any atom is 0.0676 e. The number of rotatable bonds is 4. The van der Waals surface area contributed by atoms with Crippen LogP contribution in [-0.4, -0.2) is 6.54 Å². The third kappa shape index (κ3) is 2.78. The molecule has 1 nitrogen and oxygen atoms in total. The van der Waals surface area contributed by atoms with Gasteiger partial charge >= 0.3 is 0 Å². The number of benzene rings is 1. The van der Waals surface area contributed by atoms with E-state index in [0.717, 1.165) is 6.54 Å². The van der Waals surface area contributed by atoms with Gasteiger partial charge in [0.25, 0.3) is 0 Å². The zero-order valence-corrected chi connectivity index (χ0v) is 14.6. The molecule has 1 atom stereocenters. The molecule has 0 saturated heterocycles. The molecule has 0 amide bonds. The second-order valence-electron chi connectivity index (χ2n) is 5.60. The van der Waals surface area contributed by atoms with E-state index in [1.54, 1.807) is 0 Å². The average molecular weight is 316 g/mol. The lowest BCUT2D eigenvalue weighted by atomic mass is 9.93. The molecule has 0 aliphatic carbocycles. The predicted molar refractivity (Wildman–Crippen MR) is 95.9 cm³/mol. The zero-order valence-electron chi connectivity index (χ0n) is 13.0. The van der Waals surface area contributed by atoms with Crippen LogP contribution in [-0.2, 0) is 0 Å². The summed E-state index contributed by atoms with van der Waals surface area (Å²) in [6, 6.07) is 9.48. The summed E-state index contributed by atoms with van der Waals surface area (Å²) < 4.78 is 2.81. The Hall–Kier alpha value is -1.16. The molecule has 0 fully saturated rings. The first-order chi connectivity index (χ1) is 10.1. The van der Waals surface area contributed by atoms with Gasteiger partial charge in [0.05, 0.1) is 6.04 Å². The van der Waals surface area contributed by atoms with Gasteiger partial charge in [0.15, 0.2) is 0 Å². The average Bonchev–Trinajstić information content (AvgIpc) is 2.96. The molecule has 110 valence electrons. The molecule has 0 saturated carbocycles. The molecular weight excluding hydrogens is 294 g/mol. The van der Waals surface area contributed by atoms with E-state index in [2.05, 4.69) is 62.7 Å². The Morgan fingerprint density at radius 1 is 1.05 bits per heavy atom. The van der Waals surface area contributed by atoms with Gasteiger partial charge < -0.3 is 5.32 Å². The SMILES string of the molecule is CCNC(c1cc2sccc2s1)c1c(C)cc(C)cc1C. The minimum Gasteiger partial charge on any atom is -0.306 e. The first-order valence-electron chi connectivity index (χ1n) is 7.38. The van der Waals surface area contributed by atoms with Crippen molar-refractivity contribution in [2.24, 2.45) is 0 Å². The van der Waals surface area contributed by atoms with Crippen molar-refractivity contribution in [2.45, 2.75) is 33.7 Å². The Morgan fingerprint density at radius 3 is 2.38 bits per heavy atom. The second kappa shape index (κ2) is 5.91. The Labute approximate surface area is 134 Å². The number of fused-ring (bicyclic) bond motifs is 1. The summed E-state index contributed by atoms with van der Waals surface area (Å²) >= 11 is 3.75. The van der Waals surface area contributed by atoms with E-state index in [4.69, 9.17) is 0 Å². The Morgan fingerprint density at radius 2 is 1.76 bits per heavy atom. The highest BCUT2D eigenvalue weighted by atomic mass is 32.1. The van der Waals surface area contributed by atoms with Crippen molar-refractivity contribution in [1.29, 1.82) is 0 Å². The molecule has 0 aliphatic heterocycles. The summed E-state index contributed by atoms with van der Waals surface area (Å²) in [4.78, 5) is 1.42. The summed E-state index contributed by atoms with van der Waals surface area (Å²) in [6.07, 6.45) is 0. The first-order valence-corrected chi connectivity index (χ1v) is 9.07. The summed E-state index contributed by atoms with van der Waals surface area (Å²) in [7, 11) is 0. The Kier molecular flexibility index (Phi) is 4.16. The van der Waals surface area contributed by atoms with E-state index in [1.165, 1.54) is 36.5 Å². The van der Waals surface area contributed by atoms with Gasteiger partial charge in [0, 0.05) is 14.3 Å². The highest BCUT2D eigenvalue weighted by molar-refractivity contribution is 7.27. The Bertz CT molecular complexity index is 715. The molecule has 21 heavy (non-hydrogen) atoms. The molecule has 0 radical (unpaired) electrons. The number of nitrogens with one attached hydrogen (secondary N) is 1. The van der Waals surface area contributed by atoms with Crippen molar-refractivity contribution in [3.63, 3.8) is 0 Å². The molecule has 2 heterocycles. The second-order valence-corrected chi connectivity index (χ2v) is 7.66. The molecule has 1 aromatic carbocycles. The number of aryl methyl sites for hydroxylation is 3. The maximum atomic E-state index is 3.68. The molecule has 3 heteroatoms. The van der Waals surface area contributed by atoms with E-state index >= 15 is 0 Å². The van der Waals surface area contributed by atoms with Crippen LogP contribution in [0.4, 0.5) is 0 Å². The summed E-state index contributed by atoms with van der Waals surface area (Å²) in [5.74, 6) is 0. The number of hydrogen-bond acceptors (Lipinski definition) is 3. The standard InChI is InChI=1S/C18H21NS2/c1-5-19-18(16-10-15-14(21-16)6-7-20-15)17-12(3)8-11(2)9-13(17)4/h6-10,18-19H,5H2,1-4H3. The summed E-state index contributed by atoms with van der Waals surface area (Å²) in [5, 5.41) is 5.86. The minimum atomic E-state index is 0.306. The molecule has 3 aromatic rings. The van der Waals surface area contributed by atoms with Crippen LogP contribution in [0.3, 0.4) is 0 Å². The van der Waals surface area contributed by atoms with Gasteiger partial charge in [0.2, 0.25) is 0 Å². The van der Waals surface area contributed by atoms with Crippen LogP contribution >= 0.6 is 22.7 Å². The third-order valence-electron chi connectivity index (χ3n) is 3.88. The van der Waals surface area contributed by atoms with Crippen LogP contribution in [0, 0.1) is 20.8 Å². The molecule has 0 spiro atoms. The Balaban J connectivity index is 2.11. The van der Waals surface area contributed by atoms with E-state index in [9.17, 15) is 0 Å². The van der Waals surface area contributed by atoms with Crippen LogP contribution in [0.15, 0.2) is 29.6 Å². The summed E-state index contributed by atoms with van der Waals surface area (Å²) in [6.45, 7) is 9.79. The van der Waals surface area contributed by atoms with Crippen molar-refractivity contribution in [3.05, 3.63) is 56.8 Å². The van der Waals surface area contributed by atoms with Gasteiger partial charge in [-0.25, -0.2) is 0 Å². The zero-order chi connectivity index (χ0) is 15.0. The van der Waals surface area contributed by atoms with Gasteiger partial charge in [-0.3, -0.25) is 0 Å². The van der Waals surface area contributed by atoms with Crippen molar-refractivity contribution in [2.75, 3.05) is 6.54 Å². The first kappa shape index (κ1) is 14.8. The lowest BCUT2D eigenvalue weighted by molar-refractivity contribution is 0.633. The van der Waals surface area contributed by atoms with Gasteiger partial charge in [-0.2, -0.15) is 0 Å². The lowest BCUT2D eigenvalue weighted by Crippen LogP contribution is -2.23. The molecule has 1 N–H and O–H groups in total. The smallest absolute Gasteiger partial charge is 0.0676 e. The highest BCUT2D eigenvalue weighted by Gasteiger charge is 2.20. The van der Waals surface area contributed by atoms with E-state index in [0.29, 0.717) is 6.04 Å². The summed E-state index contributed by atoms with van der Waals surface area (Å²) in [5.41, 5.74) is 5.55. The number of thiophene rings is 2. The van der Waals surface area contributed by atoms with Crippen molar-refractivity contribution < 1.29 is 0 Å². The van der Waals surface area contributed by atoms with Crippen molar-refractivity contribution >= 4 is 32.1 Å². The van der Waals surface area contributed by atoms with Crippen molar-refractivity contribution in [3.8, 4) is 0 Å². The van der Waals surface area contributed by atoms with Gasteiger partial charge in [-0.15, -0.1) is 22.7 Å². The van der Waals surface area contributed by atoms with Crippen LogP contribution in [0.1, 0.15) is 40.1 Å². The molecule has 0 bridgehead atoms. The molecule has 3 rings (SSSR count). The fourth-order valence-corrected chi connectivity index (χ4v) is 5.33. The van der Waals surface area contributed by atoms with Gasteiger partial charge in [-0.1, -0.05) is 24.6 Å². The molecular formula is C18H21NS2. The molecule has 1 unspecified atom stereocenters. The third-order valence-corrected chi connectivity index (χ3v) is 6.04. The van der Waals surface area contributed by atoms with Crippen LogP contribution in [0.2, 0.25) is 0 Å². The van der Waals surface area contributed by atoms with Crippen LogP contribution in [0.25, 0.3) is 9.40 Å². The fourth-order valence-electron chi connectivity index (χ4n) is 3.12. The van der Waals surface area contributed by atoms with Gasteiger partial charge in [-0.05, 0) is 61.5 Å². The topological polar surface area (TPSA) is 12.0 Å². The number of hydrogen-bond donors (Lipinski definition) is 1. The molecule has 2 aromatic heterocycles. The fraction of sp³-hybridized carbons (Fsp3) is 0.333. The van der Waals surface area contributed by atoms with Crippen LogP contribution < -0.4 is 5.32 Å². The van der Waals surface area contributed by atoms with E-state index in [1.807, 2.05) is 22.7 Å². The quantitative estimate of drug-likeness (QED) is 0.662. The van der Waals surface area contributed by atoms with Gasteiger partial charge in [0.1, 0.15) is 0 Å². The van der Waals surface area contributed by atoms with E-state index < -0.39 is 0 Å². The predicted octanol–water partition coefficient (Wildman–Crippen LogP) is 5.59. The monoisotopic (exact) mass is 315 g/mol. The molecule has 0 aliphatic rings. The van der Waals surface area contributed by atoms with Crippen molar-refractivity contribution in [1.82, 2.24) is 5.32 Å². The highest BCUT2D eigenvalue weighted by Crippen LogP contribution is 2.37. The van der Waals surface area contributed by atoms with Crippen LogP contribution in [0.5, 0.6) is 0 Å². The normalized spacial score (nSPS) is 13.0. The van der Waals surface area contributed by atoms with E-state index in [-0.39, 0.29) is 0 Å². The minimum absolute atomic E-state index is 0.306.